The van der Waals surface area contributed by atoms with E-state index < -0.39 is 17.8 Å². The van der Waals surface area contributed by atoms with Gasteiger partial charge in [0.1, 0.15) is 30.5 Å². The number of nitrogens with one attached hydrogen (secondary N) is 1. The van der Waals surface area contributed by atoms with Crippen LogP contribution in [0, 0.1) is 5.82 Å². The van der Waals surface area contributed by atoms with E-state index in [-0.39, 0.29) is 17.3 Å². The number of hydrogen-bond donors (Lipinski definition) is 2. The zero-order chi connectivity index (χ0) is 24.8. The van der Waals surface area contributed by atoms with Gasteiger partial charge in [0.25, 0.3) is 5.91 Å². The average Bonchev–Trinajstić information content (AvgIpc) is 3.31. The molecule has 0 radical (unpaired) electrons. The van der Waals surface area contributed by atoms with Crippen molar-refractivity contribution in [3.8, 4) is 5.75 Å². The van der Waals surface area contributed by atoms with Crippen LogP contribution < -0.4 is 10.1 Å². The zero-order valence-corrected chi connectivity index (χ0v) is 20.3. The van der Waals surface area contributed by atoms with Crippen LogP contribution in [0.4, 0.5) is 10.1 Å². The first-order valence-electron chi connectivity index (χ1n) is 11.1. The molecule has 1 saturated heterocycles. The first-order chi connectivity index (χ1) is 16.9. The van der Waals surface area contributed by atoms with E-state index in [1.54, 1.807) is 24.3 Å². The molecule has 0 saturated carbocycles. The molecule has 186 valence electrons. The summed E-state index contributed by atoms with van der Waals surface area (Å²) in [5.41, 5.74) is 0.491. The third kappa shape index (κ3) is 7.39. The highest BCUT2D eigenvalue weighted by Crippen LogP contribution is 2.20. The third-order valence-electron chi connectivity index (χ3n) is 5.51. The lowest BCUT2D eigenvalue weighted by Gasteiger charge is -2.34. The van der Waals surface area contributed by atoms with Gasteiger partial charge in [-0.1, -0.05) is 23.2 Å². The number of hydrogen-bond acceptors (Lipinski definition) is 7. The Hall–Kier alpha value is -2.69. The van der Waals surface area contributed by atoms with Crippen molar-refractivity contribution in [2.24, 2.45) is 0 Å². The van der Waals surface area contributed by atoms with Crippen LogP contribution in [0.1, 0.15) is 16.4 Å². The van der Waals surface area contributed by atoms with Crippen molar-refractivity contribution in [2.45, 2.75) is 12.6 Å². The molecule has 0 aliphatic carbocycles. The number of ether oxygens (including phenoxy) is 1. The predicted molar refractivity (Wildman–Crippen MR) is 131 cm³/mol. The van der Waals surface area contributed by atoms with Crippen LogP contribution in [0.25, 0.3) is 0 Å². The fraction of sp³-hybridized carbons (Fsp3) is 0.333. The predicted octanol–water partition coefficient (Wildman–Crippen LogP) is 3.93. The van der Waals surface area contributed by atoms with Crippen molar-refractivity contribution >= 4 is 34.8 Å². The molecule has 11 heteroatoms. The fourth-order valence-electron chi connectivity index (χ4n) is 3.65. The summed E-state index contributed by atoms with van der Waals surface area (Å²) in [5, 5.41) is 13.5. The molecular weight excluding hydrogens is 498 g/mol. The highest BCUT2D eigenvalue weighted by atomic mass is 35.5. The Labute approximate surface area is 212 Å². The number of benzene rings is 2. The highest BCUT2D eigenvalue weighted by molar-refractivity contribution is 6.31. The van der Waals surface area contributed by atoms with Gasteiger partial charge in [-0.05, 0) is 42.5 Å². The number of anilines is 1. The molecule has 1 fully saturated rings. The number of carbonyl (C=O) groups excluding carboxylic acids is 1. The van der Waals surface area contributed by atoms with Gasteiger partial charge in [0.2, 0.25) is 5.89 Å². The second-order valence-electron chi connectivity index (χ2n) is 8.21. The van der Waals surface area contributed by atoms with Gasteiger partial charge < -0.3 is 19.6 Å². The molecule has 35 heavy (non-hydrogen) atoms. The van der Waals surface area contributed by atoms with Crippen LogP contribution in [0.15, 0.2) is 53.1 Å². The Morgan fingerprint density at radius 1 is 1.14 bits per heavy atom. The summed E-state index contributed by atoms with van der Waals surface area (Å²) in [5.74, 6) is 0.0624. The second kappa shape index (κ2) is 11.8. The maximum Gasteiger partial charge on any atom is 0.277 e. The SMILES string of the molecule is O=C(Nc1ccc(F)c(Cl)c1)c1coc(CN2CCN(CC(O)COc3ccc(Cl)cc3)CC2)n1. The van der Waals surface area contributed by atoms with Crippen molar-refractivity contribution in [1.82, 2.24) is 14.8 Å². The summed E-state index contributed by atoms with van der Waals surface area (Å²) in [6.07, 6.45) is 0.685. The van der Waals surface area contributed by atoms with Crippen LogP contribution in [0.3, 0.4) is 0 Å². The van der Waals surface area contributed by atoms with Gasteiger partial charge in [-0.3, -0.25) is 14.6 Å². The number of piperazine rings is 1. The van der Waals surface area contributed by atoms with E-state index >= 15 is 0 Å². The summed E-state index contributed by atoms with van der Waals surface area (Å²) in [6, 6.07) is 10.9. The molecule has 1 amide bonds. The van der Waals surface area contributed by atoms with Crippen LogP contribution in [-0.2, 0) is 6.54 Å². The van der Waals surface area contributed by atoms with Crippen LogP contribution >= 0.6 is 23.2 Å². The molecule has 1 aromatic heterocycles. The van der Waals surface area contributed by atoms with Gasteiger partial charge in [-0.15, -0.1) is 0 Å². The molecule has 1 aliphatic heterocycles. The standard InChI is InChI=1S/C24H25Cl2FN4O4/c25-16-1-4-19(5-2-16)34-14-18(32)12-30-7-9-31(10-8-30)13-23-29-22(15-35-23)24(33)28-17-3-6-21(27)20(26)11-17/h1-6,11,15,18,32H,7-10,12-14H2,(H,28,33). The number of aliphatic hydroxyl groups is 1. The number of carbonyl (C=O) groups is 1. The minimum absolute atomic E-state index is 0.0793. The Kier molecular flexibility index (Phi) is 8.59. The number of β-amino-alcohol motifs (C(OH)–C–C–N with tert-alkyl or cyclic N) is 1. The first-order valence-corrected chi connectivity index (χ1v) is 11.8. The van der Waals surface area contributed by atoms with Crippen LogP contribution in [-0.4, -0.2) is 71.2 Å². The minimum Gasteiger partial charge on any atom is -0.491 e. The molecule has 3 aromatic rings. The molecule has 8 nitrogen and oxygen atoms in total. The molecule has 2 N–H and O–H groups in total. The van der Waals surface area contributed by atoms with E-state index in [1.807, 2.05) is 0 Å². The molecule has 0 spiro atoms. The molecular formula is C24H25Cl2FN4O4. The maximum atomic E-state index is 13.3. The quantitative estimate of drug-likeness (QED) is 0.439. The fourth-order valence-corrected chi connectivity index (χ4v) is 3.96. The van der Waals surface area contributed by atoms with Gasteiger partial charge in [-0.2, -0.15) is 0 Å². The average molecular weight is 523 g/mol. The van der Waals surface area contributed by atoms with Crippen molar-refractivity contribution in [3.05, 3.63) is 76.2 Å². The van der Waals surface area contributed by atoms with Gasteiger partial charge in [-0.25, -0.2) is 9.37 Å². The summed E-state index contributed by atoms with van der Waals surface area (Å²) >= 11 is 11.6. The van der Waals surface area contributed by atoms with Gasteiger partial charge in [0.05, 0.1) is 11.6 Å². The molecule has 2 heterocycles. The Morgan fingerprint density at radius 2 is 1.86 bits per heavy atom. The summed E-state index contributed by atoms with van der Waals surface area (Å²) in [6.45, 7) is 4.26. The molecule has 1 atom stereocenters. The molecule has 1 aliphatic rings. The maximum absolute atomic E-state index is 13.3. The number of amides is 1. The normalized spacial score (nSPS) is 15.7. The monoisotopic (exact) mass is 522 g/mol. The number of aliphatic hydroxyl groups excluding tert-OH is 1. The Bertz CT molecular complexity index is 1140. The van der Waals surface area contributed by atoms with Crippen molar-refractivity contribution in [2.75, 3.05) is 44.6 Å². The Morgan fingerprint density at radius 3 is 2.57 bits per heavy atom. The first kappa shape index (κ1) is 25.4. The van der Waals surface area contributed by atoms with Crippen LogP contribution in [0.5, 0.6) is 5.75 Å². The largest absolute Gasteiger partial charge is 0.491 e. The van der Waals surface area contributed by atoms with Crippen molar-refractivity contribution in [1.29, 1.82) is 0 Å². The van der Waals surface area contributed by atoms with Gasteiger partial charge in [0, 0.05) is 43.4 Å². The summed E-state index contributed by atoms with van der Waals surface area (Å²) in [4.78, 5) is 21.0. The molecule has 0 bridgehead atoms. The lowest BCUT2D eigenvalue weighted by molar-refractivity contribution is 0.0430. The number of halogens is 3. The number of nitrogens with zero attached hydrogens (tertiary/aromatic N) is 3. The number of rotatable bonds is 9. The third-order valence-corrected chi connectivity index (χ3v) is 6.05. The zero-order valence-electron chi connectivity index (χ0n) is 18.8. The Balaban J connectivity index is 1.18. The second-order valence-corrected chi connectivity index (χ2v) is 9.05. The van der Waals surface area contributed by atoms with Crippen molar-refractivity contribution in [3.63, 3.8) is 0 Å². The van der Waals surface area contributed by atoms with Gasteiger partial charge in [0.15, 0.2) is 5.69 Å². The molecule has 2 aromatic carbocycles. The van der Waals surface area contributed by atoms with E-state index in [2.05, 4.69) is 20.1 Å². The highest BCUT2D eigenvalue weighted by Gasteiger charge is 2.22. The number of aromatic nitrogens is 1. The lowest BCUT2D eigenvalue weighted by atomic mass is 10.2. The van der Waals surface area contributed by atoms with E-state index in [4.69, 9.17) is 32.4 Å². The lowest BCUT2D eigenvalue weighted by Crippen LogP contribution is -2.48. The van der Waals surface area contributed by atoms with Crippen molar-refractivity contribution < 1.29 is 23.4 Å². The van der Waals surface area contributed by atoms with E-state index in [9.17, 15) is 14.3 Å². The summed E-state index contributed by atoms with van der Waals surface area (Å²) in [7, 11) is 0. The smallest absolute Gasteiger partial charge is 0.277 e. The van der Waals surface area contributed by atoms with E-state index in [1.165, 1.54) is 24.5 Å². The minimum atomic E-state index is -0.610. The topological polar surface area (TPSA) is 91.1 Å². The summed E-state index contributed by atoms with van der Waals surface area (Å²) < 4.78 is 24.4. The molecule has 1 unspecified atom stereocenters. The van der Waals surface area contributed by atoms with E-state index in [0.717, 1.165) is 26.2 Å². The van der Waals surface area contributed by atoms with E-state index in [0.29, 0.717) is 35.4 Å². The van der Waals surface area contributed by atoms with Gasteiger partial charge >= 0.3 is 0 Å². The molecule has 4 rings (SSSR count). The number of oxazole rings is 1. The van der Waals surface area contributed by atoms with Crippen LogP contribution in [0.2, 0.25) is 10.0 Å².